The molecular weight excluding hydrogens is 320 g/mol. The molecule has 24 heavy (non-hydrogen) atoms. The van der Waals surface area contributed by atoms with Gasteiger partial charge in [0.2, 0.25) is 0 Å². The van der Waals surface area contributed by atoms with E-state index in [9.17, 15) is 4.79 Å². The van der Waals surface area contributed by atoms with Gasteiger partial charge in [-0.05, 0) is 44.7 Å². The third-order valence-corrected chi connectivity index (χ3v) is 4.96. The summed E-state index contributed by atoms with van der Waals surface area (Å²) >= 11 is 1.62. The molecule has 0 fully saturated rings. The number of pyridine rings is 1. The Morgan fingerprint density at radius 3 is 2.79 bits per heavy atom. The summed E-state index contributed by atoms with van der Waals surface area (Å²) in [5.74, 6) is -0.0714. The Kier molecular flexibility index (Phi) is 4.66. The van der Waals surface area contributed by atoms with Crippen LogP contribution in [0.15, 0.2) is 29.8 Å². The lowest BCUT2D eigenvalue weighted by molar-refractivity contribution is 0.0941. The normalized spacial score (nSPS) is 12.7. The van der Waals surface area contributed by atoms with Gasteiger partial charge in [0, 0.05) is 12.1 Å². The number of hydrogen-bond donors (Lipinski definition) is 1. The number of carbonyl (C=O) groups is 1. The average Bonchev–Trinajstić information content (AvgIpc) is 3.22. The van der Waals surface area contributed by atoms with Gasteiger partial charge in [-0.1, -0.05) is 13.0 Å². The lowest BCUT2D eigenvalue weighted by Gasteiger charge is -2.13. The second-order valence-electron chi connectivity index (χ2n) is 6.24. The molecule has 0 aromatic carbocycles. The van der Waals surface area contributed by atoms with Crippen LogP contribution in [0.3, 0.4) is 0 Å². The van der Waals surface area contributed by atoms with Crippen LogP contribution < -0.4 is 5.32 Å². The fourth-order valence-corrected chi connectivity index (χ4v) is 3.22. The largest absolute Gasteiger partial charge is 0.350 e. The fraction of sp³-hybridized carbons (Fsp3) is 0.389. The maximum Gasteiger partial charge on any atom is 0.252 e. The smallest absolute Gasteiger partial charge is 0.252 e. The Labute approximate surface area is 145 Å². The molecule has 5 nitrogen and oxygen atoms in total. The predicted octanol–water partition coefficient (Wildman–Crippen LogP) is 4.27. The summed E-state index contributed by atoms with van der Waals surface area (Å²) in [7, 11) is 0. The molecule has 126 valence electrons. The number of carbonyl (C=O) groups excluding carboxylic acids is 1. The number of nitrogens with zero attached hydrogens (tertiary/aromatic N) is 3. The van der Waals surface area contributed by atoms with Crippen molar-refractivity contribution in [2.24, 2.45) is 0 Å². The quantitative estimate of drug-likeness (QED) is 0.753. The lowest BCUT2D eigenvalue weighted by atomic mass is 10.1. The molecule has 0 bridgehead atoms. The van der Waals surface area contributed by atoms with Gasteiger partial charge in [-0.3, -0.25) is 4.79 Å². The van der Waals surface area contributed by atoms with E-state index in [0.717, 1.165) is 28.0 Å². The monoisotopic (exact) mass is 342 g/mol. The summed E-state index contributed by atoms with van der Waals surface area (Å²) in [4.78, 5) is 18.6. The molecule has 3 rings (SSSR count). The molecule has 1 atom stereocenters. The van der Waals surface area contributed by atoms with Crippen molar-refractivity contribution in [2.75, 3.05) is 0 Å². The van der Waals surface area contributed by atoms with Crippen molar-refractivity contribution in [1.82, 2.24) is 20.1 Å². The molecule has 0 radical (unpaired) electrons. The molecule has 1 amide bonds. The van der Waals surface area contributed by atoms with E-state index in [1.54, 1.807) is 17.5 Å². The first-order valence-electron chi connectivity index (χ1n) is 8.24. The van der Waals surface area contributed by atoms with E-state index in [0.29, 0.717) is 5.56 Å². The third-order valence-electron chi connectivity index (χ3n) is 4.06. The van der Waals surface area contributed by atoms with Crippen molar-refractivity contribution in [1.29, 1.82) is 0 Å². The Balaban J connectivity index is 2.17. The molecular formula is C18H22N4OS. The molecule has 3 aromatic rings. The van der Waals surface area contributed by atoms with Crippen LogP contribution in [0.5, 0.6) is 0 Å². The molecule has 0 aliphatic carbocycles. The molecule has 3 aromatic heterocycles. The maximum atomic E-state index is 12.8. The van der Waals surface area contributed by atoms with E-state index >= 15 is 0 Å². The molecule has 0 aliphatic heterocycles. The van der Waals surface area contributed by atoms with Crippen LogP contribution >= 0.6 is 11.3 Å². The summed E-state index contributed by atoms with van der Waals surface area (Å²) in [5.41, 5.74) is 2.20. The van der Waals surface area contributed by atoms with Gasteiger partial charge in [-0.15, -0.1) is 11.3 Å². The second-order valence-corrected chi connectivity index (χ2v) is 7.18. The molecule has 0 saturated heterocycles. The van der Waals surface area contributed by atoms with Crippen LogP contribution in [0.2, 0.25) is 0 Å². The van der Waals surface area contributed by atoms with Gasteiger partial charge in [0.05, 0.1) is 27.7 Å². The van der Waals surface area contributed by atoms with Gasteiger partial charge in [-0.25, -0.2) is 9.67 Å². The average molecular weight is 342 g/mol. The number of hydrogen-bond acceptors (Lipinski definition) is 4. The summed E-state index contributed by atoms with van der Waals surface area (Å²) in [5, 5.41) is 10.3. The van der Waals surface area contributed by atoms with Gasteiger partial charge in [0.15, 0.2) is 5.65 Å². The van der Waals surface area contributed by atoms with Crippen LogP contribution in [0, 0.1) is 0 Å². The summed E-state index contributed by atoms with van der Waals surface area (Å²) < 4.78 is 1.87. The minimum atomic E-state index is -0.0714. The van der Waals surface area contributed by atoms with Gasteiger partial charge in [0.1, 0.15) is 0 Å². The van der Waals surface area contributed by atoms with Gasteiger partial charge < -0.3 is 5.32 Å². The Morgan fingerprint density at radius 1 is 1.38 bits per heavy atom. The number of amides is 1. The highest BCUT2D eigenvalue weighted by molar-refractivity contribution is 7.13. The van der Waals surface area contributed by atoms with Crippen LogP contribution in [-0.2, 0) is 0 Å². The summed E-state index contributed by atoms with van der Waals surface area (Å²) in [6.45, 7) is 8.19. The van der Waals surface area contributed by atoms with Crippen LogP contribution in [0.4, 0.5) is 0 Å². The first kappa shape index (κ1) is 16.6. The SMILES string of the molecule is CCC(C)NC(=O)c1cc(-c2cccs2)nc2c1cnn2C(C)C. The van der Waals surface area contributed by atoms with E-state index < -0.39 is 0 Å². The standard InChI is InChI=1S/C18H22N4OS/c1-5-12(4)20-18(23)13-9-15(16-7-6-8-24-16)21-17-14(13)10-19-22(17)11(2)3/h6-12H,5H2,1-4H3,(H,20,23). The van der Waals surface area contributed by atoms with Gasteiger partial charge in [-0.2, -0.15) is 5.10 Å². The molecule has 6 heteroatoms. The third kappa shape index (κ3) is 3.06. The van der Waals surface area contributed by atoms with Crippen molar-refractivity contribution in [3.8, 4) is 10.6 Å². The molecule has 0 spiro atoms. The highest BCUT2D eigenvalue weighted by Crippen LogP contribution is 2.28. The molecule has 0 saturated carbocycles. The Morgan fingerprint density at radius 2 is 2.17 bits per heavy atom. The van der Waals surface area contributed by atoms with Gasteiger partial charge in [0.25, 0.3) is 5.91 Å². The highest BCUT2D eigenvalue weighted by Gasteiger charge is 2.19. The summed E-state index contributed by atoms with van der Waals surface area (Å²) in [6.07, 6.45) is 2.63. The number of nitrogens with one attached hydrogen (secondary N) is 1. The zero-order chi connectivity index (χ0) is 17.3. The Bertz CT molecular complexity index is 851. The minimum Gasteiger partial charge on any atom is -0.350 e. The molecule has 1 N–H and O–H groups in total. The van der Waals surface area contributed by atoms with Crippen molar-refractivity contribution >= 4 is 28.3 Å². The lowest BCUT2D eigenvalue weighted by Crippen LogP contribution is -2.32. The molecule has 1 unspecified atom stereocenters. The van der Waals surface area contributed by atoms with Crippen molar-refractivity contribution < 1.29 is 4.79 Å². The fourth-order valence-electron chi connectivity index (χ4n) is 2.54. The van der Waals surface area contributed by atoms with Gasteiger partial charge >= 0.3 is 0 Å². The zero-order valence-electron chi connectivity index (χ0n) is 14.4. The minimum absolute atomic E-state index is 0.0714. The van der Waals surface area contributed by atoms with Crippen molar-refractivity contribution in [2.45, 2.75) is 46.2 Å². The van der Waals surface area contributed by atoms with Crippen LogP contribution in [-0.4, -0.2) is 26.7 Å². The highest BCUT2D eigenvalue weighted by atomic mass is 32.1. The van der Waals surface area contributed by atoms with E-state index in [-0.39, 0.29) is 18.0 Å². The first-order chi connectivity index (χ1) is 11.5. The molecule has 0 aliphatic rings. The second kappa shape index (κ2) is 6.73. The van der Waals surface area contributed by atoms with E-state index in [4.69, 9.17) is 4.98 Å². The van der Waals surface area contributed by atoms with E-state index in [1.165, 1.54) is 0 Å². The number of aromatic nitrogens is 3. The zero-order valence-corrected chi connectivity index (χ0v) is 15.2. The first-order valence-corrected chi connectivity index (χ1v) is 9.12. The number of thiophene rings is 1. The maximum absolute atomic E-state index is 12.8. The topological polar surface area (TPSA) is 59.8 Å². The van der Waals surface area contributed by atoms with Crippen molar-refractivity contribution in [3.63, 3.8) is 0 Å². The molecule has 3 heterocycles. The number of rotatable bonds is 5. The predicted molar refractivity (Wildman–Crippen MR) is 98.4 cm³/mol. The van der Waals surface area contributed by atoms with Crippen LogP contribution in [0.25, 0.3) is 21.6 Å². The van der Waals surface area contributed by atoms with Crippen LogP contribution in [0.1, 0.15) is 50.5 Å². The van der Waals surface area contributed by atoms with E-state index in [1.807, 2.05) is 35.2 Å². The Hall–Kier alpha value is -2.21. The van der Waals surface area contributed by atoms with Crippen molar-refractivity contribution in [3.05, 3.63) is 35.3 Å². The number of fused-ring (bicyclic) bond motifs is 1. The van der Waals surface area contributed by atoms with E-state index in [2.05, 4.69) is 31.2 Å². The summed E-state index contributed by atoms with van der Waals surface area (Å²) in [6, 6.07) is 6.19.